The van der Waals surface area contributed by atoms with E-state index in [9.17, 15) is 9.59 Å². The highest BCUT2D eigenvalue weighted by Crippen LogP contribution is 2.36. The number of carboxylic acid groups (broad SMARTS) is 1. The number of unbranched alkanes of at least 4 members (excludes halogenated alkanes) is 3. The van der Waals surface area contributed by atoms with E-state index in [1.165, 1.54) is 6.07 Å². The van der Waals surface area contributed by atoms with Crippen molar-refractivity contribution in [2.45, 2.75) is 32.6 Å². The summed E-state index contributed by atoms with van der Waals surface area (Å²) in [7, 11) is 0. The van der Waals surface area contributed by atoms with E-state index in [0.717, 1.165) is 31.8 Å². The van der Waals surface area contributed by atoms with Gasteiger partial charge in [0.05, 0.1) is 12.2 Å². The fourth-order valence-electron chi connectivity index (χ4n) is 2.50. The molecule has 0 saturated carbocycles. The molecule has 2 rings (SSSR count). The SMILES string of the molecule is C=CC(=O)Oc1ccc2cc(C(=O)O)ccc2c1OCCCCCC. The van der Waals surface area contributed by atoms with Crippen molar-refractivity contribution in [2.75, 3.05) is 6.61 Å². The number of fused-ring (bicyclic) bond motifs is 1. The third-order valence-corrected chi connectivity index (χ3v) is 3.80. The molecule has 2 aromatic rings. The van der Waals surface area contributed by atoms with E-state index in [2.05, 4.69) is 13.5 Å². The molecule has 0 aliphatic heterocycles. The van der Waals surface area contributed by atoms with Crippen LogP contribution >= 0.6 is 0 Å². The average molecular weight is 342 g/mol. The van der Waals surface area contributed by atoms with Gasteiger partial charge in [0.25, 0.3) is 0 Å². The normalized spacial score (nSPS) is 10.4. The summed E-state index contributed by atoms with van der Waals surface area (Å²) in [4.78, 5) is 22.7. The molecule has 0 heterocycles. The van der Waals surface area contributed by atoms with E-state index in [1.54, 1.807) is 24.3 Å². The van der Waals surface area contributed by atoms with Crippen LogP contribution in [-0.4, -0.2) is 23.7 Å². The summed E-state index contributed by atoms with van der Waals surface area (Å²) in [5.74, 6) is -0.819. The summed E-state index contributed by atoms with van der Waals surface area (Å²) in [6, 6.07) is 8.06. The Morgan fingerprint density at radius 1 is 1.16 bits per heavy atom. The van der Waals surface area contributed by atoms with Crippen LogP contribution in [-0.2, 0) is 4.79 Å². The molecule has 0 saturated heterocycles. The number of aromatic carboxylic acids is 1. The number of rotatable bonds is 9. The Hall–Kier alpha value is -2.82. The van der Waals surface area contributed by atoms with Gasteiger partial charge < -0.3 is 14.6 Å². The first-order chi connectivity index (χ1) is 12.1. The van der Waals surface area contributed by atoms with E-state index in [0.29, 0.717) is 28.9 Å². The molecule has 0 aliphatic carbocycles. The van der Waals surface area contributed by atoms with Gasteiger partial charge in [-0.15, -0.1) is 0 Å². The van der Waals surface area contributed by atoms with E-state index < -0.39 is 11.9 Å². The standard InChI is InChI=1S/C20H22O5/c1-3-5-6-7-12-24-19-16-10-8-15(20(22)23)13-14(16)9-11-17(19)25-18(21)4-2/h4,8-11,13H,2-3,5-7,12H2,1H3,(H,22,23). The molecule has 25 heavy (non-hydrogen) atoms. The third-order valence-electron chi connectivity index (χ3n) is 3.80. The monoisotopic (exact) mass is 342 g/mol. The molecule has 2 aromatic carbocycles. The highest BCUT2D eigenvalue weighted by Gasteiger charge is 2.14. The maximum absolute atomic E-state index is 11.6. The van der Waals surface area contributed by atoms with Crippen molar-refractivity contribution in [1.82, 2.24) is 0 Å². The third kappa shape index (κ3) is 4.83. The van der Waals surface area contributed by atoms with Crippen molar-refractivity contribution < 1.29 is 24.2 Å². The minimum Gasteiger partial charge on any atom is -0.489 e. The predicted molar refractivity (Wildman–Crippen MR) is 96.4 cm³/mol. The van der Waals surface area contributed by atoms with Gasteiger partial charge in [-0.3, -0.25) is 0 Å². The zero-order valence-corrected chi connectivity index (χ0v) is 14.3. The molecule has 0 spiro atoms. The Bertz CT molecular complexity index is 779. The Morgan fingerprint density at radius 2 is 1.96 bits per heavy atom. The van der Waals surface area contributed by atoms with Crippen LogP contribution in [0.15, 0.2) is 43.0 Å². The van der Waals surface area contributed by atoms with Crippen LogP contribution in [0.5, 0.6) is 11.5 Å². The lowest BCUT2D eigenvalue weighted by Crippen LogP contribution is -2.07. The average Bonchev–Trinajstić information content (AvgIpc) is 2.62. The Labute approximate surface area is 146 Å². The molecular weight excluding hydrogens is 320 g/mol. The van der Waals surface area contributed by atoms with Gasteiger partial charge in [0.1, 0.15) is 0 Å². The summed E-state index contributed by atoms with van der Waals surface area (Å²) in [6.45, 7) is 6.03. The maximum atomic E-state index is 11.6. The molecule has 0 bridgehead atoms. The van der Waals surface area contributed by atoms with Gasteiger partial charge in [-0.1, -0.05) is 38.8 Å². The molecule has 5 heteroatoms. The Morgan fingerprint density at radius 3 is 2.64 bits per heavy atom. The van der Waals surface area contributed by atoms with Crippen LogP contribution in [0.1, 0.15) is 43.0 Å². The van der Waals surface area contributed by atoms with Crippen LogP contribution in [0, 0.1) is 0 Å². The molecule has 0 aromatic heterocycles. The van der Waals surface area contributed by atoms with E-state index in [1.807, 2.05) is 0 Å². The lowest BCUT2D eigenvalue weighted by molar-refractivity contribution is -0.129. The fraction of sp³-hybridized carbons (Fsp3) is 0.300. The number of esters is 1. The van der Waals surface area contributed by atoms with Crippen LogP contribution in [0.25, 0.3) is 10.8 Å². The summed E-state index contributed by atoms with van der Waals surface area (Å²) < 4.78 is 11.1. The number of benzene rings is 2. The van der Waals surface area contributed by atoms with Gasteiger partial charge >= 0.3 is 11.9 Å². The van der Waals surface area contributed by atoms with Gasteiger partial charge in [0.2, 0.25) is 0 Å². The molecular formula is C20H22O5. The second kappa shape index (κ2) is 8.87. The quantitative estimate of drug-likeness (QED) is 0.312. The number of carboxylic acids is 1. The molecule has 5 nitrogen and oxygen atoms in total. The largest absolute Gasteiger partial charge is 0.489 e. The van der Waals surface area contributed by atoms with E-state index in [-0.39, 0.29) is 5.56 Å². The second-order valence-electron chi connectivity index (χ2n) is 5.67. The Balaban J connectivity index is 2.35. The molecule has 0 aliphatic rings. The summed E-state index contributed by atoms with van der Waals surface area (Å²) in [5.41, 5.74) is 0.192. The van der Waals surface area contributed by atoms with Gasteiger partial charge in [-0.05, 0) is 36.1 Å². The number of carbonyl (C=O) groups excluding carboxylic acids is 1. The lowest BCUT2D eigenvalue weighted by atomic mass is 10.1. The number of hydrogen-bond acceptors (Lipinski definition) is 4. The van der Waals surface area contributed by atoms with Gasteiger partial charge in [0, 0.05) is 11.5 Å². The highest BCUT2D eigenvalue weighted by atomic mass is 16.6. The van der Waals surface area contributed by atoms with E-state index in [4.69, 9.17) is 14.6 Å². The molecule has 0 unspecified atom stereocenters. The zero-order chi connectivity index (χ0) is 18.2. The van der Waals surface area contributed by atoms with Crippen molar-refractivity contribution in [3.63, 3.8) is 0 Å². The molecule has 0 fully saturated rings. The minimum atomic E-state index is -0.994. The fourth-order valence-corrected chi connectivity index (χ4v) is 2.50. The first-order valence-corrected chi connectivity index (χ1v) is 8.34. The number of hydrogen-bond donors (Lipinski definition) is 1. The molecule has 0 radical (unpaired) electrons. The van der Waals surface area contributed by atoms with E-state index >= 15 is 0 Å². The number of ether oxygens (including phenoxy) is 2. The zero-order valence-electron chi connectivity index (χ0n) is 14.3. The van der Waals surface area contributed by atoms with Crippen molar-refractivity contribution in [1.29, 1.82) is 0 Å². The summed E-state index contributed by atoms with van der Waals surface area (Å²) in [6.07, 6.45) is 5.31. The Kier molecular flexibility index (Phi) is 6.57. The molecule has 0 amide bonds. The smallest absolute Gasteiger partial charge is 0.335 e. The number of carbonyl (C=O) groups is 2. The van der Waals surface area contributed by atoms with Crippen molar-refractivity contribution >= 4 is 22.7 Å². The lowest BCUT2D eigenvalue weighted by Gasteiger charge is -2.14. The highest BCUT2D eigenvalue weighted by molar-refractivity contribution is 5.98. The van der Waals surface area contributed by atoms with Crippen molar-refractivity contribution in [2.24, 2.45) is 0 Å². The summed E-state index contributed by atoms with van der Waals surface area (Å²) in [5, 5.41) is 10.5. The van der Waals surface area contributed by atoms with Crippen molar-refractivity contribution in [3.8, 4) is 11.5 Å². The minimum absolute atomic E-state index is 0.192. The second-order valence-corrected chi connectivity index (χ2v) is 5.67. The molecule has 132 valence electrons. The molecule has 0 atom stereocenters. The predicted octanol–water partition coefficient (Wildman–Crippen LogP) is 4.59. The van der Waals surface area contributed by atoms with Gasteiger partial charge in [-0.2, -0.15) is 0 Å². The van der Waals surface area contributed by atoms with Crippen molar-refractivity contribution in [3.05, 3.63) is 48.6 Å². The van der Waals surface area contributed by atoms with Gasteiger partial charge in [0.15, 0.2) is 11.5 Å². The first-order valence-electron chi connectivity index (χ1n) is 8.34. The van der Waals surface area contributed by atoms with Crippen LogP contribution < -0.4 is 9.47 Å². The van der Waals surface area contributed by atoms with Crippen LogP contribution in [0.3, 0.4) is 0 Å². The van der Waals surface area contributed by atoms with Gasteiger partial charge in [-0.25, -0.2) is 9.59 Å². The topological polar surface area (TPSA) is 72.8 Å². The maximum Gasteiger partial charge on any atom is 0.335 e. The first kappa shape index (κ1) is 18.5. The molecule has 1 N–H and O–H groups in total. The van der Waals surface area contributed by atoms with Crippen LogP contribution in [0.2, 0.25) is 0 Å². The van der Waals surface area contributed by atoms with Crippen LogP contribution in [0.4, 0.5) is 0 Å². The summed E-state index contributed by atoms with van der Waals surface area (Å²) >= 11 is 0.